The van der Waals surface area contributed by atoms with Crippen molar-refractivity contribution in [2.24, 2.45) is 0 Å². The molecule has 2 aromatic carbocycles. The highest BCUT2D eigenvalue weighted by atomic mass is 16.2. The molecule has 138 valence electrons. The number of likely N-dealkylation sites (N-methyl/N-ethyl adjacent to an activating group) is 1. The summed E-state index contributed by atoms with van der Waals surface area (Å²) in [5, 5.41) is 0. The number of nitrogens with one attached hydrogen (secondary N) is 1. The molecule has 1 saturated heterocycles. The SMILES string of the molecule is CN(C(=O)Cc1ccccc1N)[C@H](C[NH+]1CCCC1)c1cccc(N)c1. The van der Waals surface area contributed by atoms with E-state index in [0.717, 1.165) is 23.4 Å². The van der Waals surface area contributed by atoms with Crippen LogP contribution in [0.1, 0.15) is 30.0 Å². The van der Waals surface area contributed by atoms with Gasteiger partial charge < -0.3 is 21.3 Å². The summed E-state index contributed by atoms with van der Waals surface area (Å²) in [5.41, 5.74) is 15.4. The fourth-order valence-corrected chi connectivity index (χ4v) is 3.75. The van der Waals surface area contributed by atoms with Gasteiger partial charge in [-0.2, -0.15) is 0 Å². The summed E-state index contributed by atoms with van der Waals surface area (Å²) >= 11 is 0. The molecule has 5 heteroatoms. The number of carbonyl (C=O) groups is 1. The lowest BCUT2D eigenvalue weighted by atomic mass is 10.0. The molecule has 0 unspecified atom stereocenters. The van der Waals surface area contributed by atoms with Gasteiger partial charge in [0.1, 0.15) is 12.6 Å². The largest absolute Gasteiger partial charge is 0.399 e. The molecule has 0 radical (unpaired) electrons. The molecule has 0 spiro atoms. The third kappa shape index (κ3) is 4.35. The Labute approximate surface area is 155 Å². The van der Waals surface area contributed by atoms with Gasteiger partial charge in [0.2, 0.25) is 5.91 Å². The summed E-state index contributed by atoms with van der Waals surface area (Å²) in [7, 11) is 1.89. The van der Waals surface area contributed by atoms with Crippen molar-refractivity contribution in [3.05, 3.63) is 59.7 Å². The van der Waals surface area contributed by atoms with Gasteiger partial charge in [-0.05, 0) is 29.3 Å². The van der Waals surface area contributed by atoms with Gasteiger partial charge in [-0.1, -0.05) is 30.3 Å². The predicted molar refractivity (Wildman–Crippen MR) is 106 cm³/mol. The van der Waals surface area contributed by atoms with E-state index in [2.05, 4.69) is 6.07 Å². The van der Waals surface area contributed by atoms with Crippen molar-refractivity contribution >= 4 is 17.3 Å². The molecule has 1 amide bonds. The Morgan fingerprint density at radius 2 is 1.85 bits per heavy atom. The van der Waals surface area contributed by atoms with Crippen LogP contribution < -0.4 is 16.4 Å². The summed E-state index contributed by atoms with van der Waals surface area (Å²) < 4.78 is 0. The summed E-state index contributed by atoms with van der Waals surface area (Å²) in [6.07, 6.45) is 2.84. The normalized spacial score (nSPS) is 15.7. The minimum Gasteiger partial charge on any atom is -0.399 e. The Morgan fingerprint density at radius 1 is 1.12 bits per heavy atom. The van der Waals surface area contributed by atoms with E-state index in [1.54, 1.807) is 4.90 Å². The van der Waals surface area contributed by atoms with E-state index in [0.29, 0.717) is 12.1 Å². The maximum Gasteiger partial charge on any atom is 0.227 e. The highest BCUT2D eigenvalue weighted by Crippen LogP contribution is 2.22. The summed E-state index contributed by atoms with van der Waals surface area (Å²) in [6.45, 7) is 3.26. The van der Waals surface area contributed by atoms with Crippen LogP contribution in [0.5, 0.6) is 0 Å². The molecule has 1 atom stereocenters. The quantitative estimate of drug-likeness (QED) is 0.685. The lowest BCUT2D eigenvalue weighted by Crippen LogP contribution is -3.10. The standard InChI is InChI=1S/C21H28N4O/c1-24(21(26)14-16-7-2-3-10-19(16)23)20(15-25-11-4-5-12-25)17-8-6-9-18(22)13-17/h2-3,6-10,13,20H,4-5,11-12,14-15,22-23H2,1H3/p+1/t20-/m1/s1. The first-order chi connectivity index (χ1) is 12.5. The Bertz CT molecular complexity index is 755. The molecule has 1 heterocycles. The minimum atomic E-state index is 0.0176. The number of para-hydroxylation sites is 1. The second-order valence-corrected chi connectivity index (χ2v) is 7.23. The molecule has 0 saturated carbocycles. The van der Waals surface area contributed by atoms with Crippen LogP contribution >= 0.6 is 0 Å². The fourth-order valence-electron chi connectivity index (χ4n) is 3.75. The minimum absolute atomic E-state index is 0.0176. The van der Waals surface area contributed by atoms with Gasteiger partial charge in [0.25, 0.3) is 0 Å². The van der Waals surface area contributed by atoms with Crippen molar-refractivity contribution < 1.29 is 9.69 Å². The highest BCUT2D eigenvalue weighted by molar-refractivity contribution is 5.80. The molecule has 5 N–H and O–H groups in total. The van der Waals surface area contributed by atoms with Gasteiger partial charge in [-0.15, -0.1) is 0 Å². The zero-order valence-electron chi connectivity index (χ0n) is 15.4. The van der Waals surface area contributed by atoms with Gasteiger partial charge in [0.05, 0.1) is 19.5 Å². The second-order valence-electron chi connectivity index (χ2n) is 7.23. The molecule has 26 heavy (non-hydrogen) atoms. The Balaban J connectivity index is 1.80. The molecule has 5 nitrogen and oxygen atoms in total. The zero-order valence-corrected chi connectivity index (χ0v) is 15.4. The highest BCUT2D eigenvalue weighted by Gasteiger charge is 2.28. The number of hydrogen-bond donors (Lipinski definition) is 3. The fraction of sp³-hybridized carbons (Fsp3) is 0.381. The van der Waals surface area contributed by atoms with Crippen LogP contribution in [0.25, 0.3) is 0 Å². The van der Waals surface area contributed by atoms with E-state index in [1.807, 2.05) is 54.4 Å². The number of rotatable bonds is 6. The molecule has 0 bridgehead atoms. The second kappa shape index (κ2) is 8.23. The number of benzene rings is 2. The molecular formula is C21H29N4O+. The van der Waals surface area contributed by atoms with Gasteiger partial charge in [-0.25, -0.2) is 0 Å². The van der Waals surface area contributed by atoms with Crippen molar-refractivity contribution in [2.75, 3.05) is 38.1 Å². The average Bonchev–Trinajstić information content (AvgIpc) is 3.14. The first-order valence-electron chi connectivity index (χ1n) is 9.32. The van der Waals surface area contributed by atoms with Crippen molar-refractivity contribution in [1.29, 1.82) is 0 Å². The molecule has 2 aromatic rings. The molecule has 1 fully saturated rings. The van der Waals surface area contributed by atoms with E-state index in [9.17, 15) is 4.79 Å². The summed E-state index contributed by atoms with van der Waals surface area (Å²) in [6, 6.07) is 15.5. The number of anilines is 2. The smallest absolute Gasteiger partial charge is 0.227 e. The van der Waals surface area contributed by atoms with E-state index in [4.69, 9.17) is 11.5 Å². The summed E-state index contributed by atoms with van der Waals surface area (Å²) in [4.78, 5) is 16.4. The van der Waals surface area contributed by atoms with Gasteiger partial charge >= 0.3 is 0 Å². The van der Waals surface area contributed by atoms with Crippen LogP contribution in [0.2, 0.25) is 0 Å². The van der Waals surface area contributed by atoms with Crippen molar-refractivity contribution in [3.8, 4) is 0 Å². The number of nitrogens with zero attached hydrogens (tertiary/aromatic N) is 1. The number of nitrogen functional groups attached to an aromatic ring is 2. The number of amides is 1. The monoisotopic (exact) mass is 353 g/mol. The predicted octanol–water partition coefficient (Wildman–Crippen LogP) is 1.27. The molecule has 0 aromatic heterocycles. The van der Waals surface area contributed by atoms with E-state index >= 15 is 0 Å². The Kier molecular flexibility index (Phi) is 5.78. The zero-order chi connectivity index (χ0) is 18.5. The van der Waals surface area contributed by atoms with E-state index in [1.165, 1.54) is 25.9 Å². The molecule has 3 rings (SSSR count). The third-order valence-corrected chi connectivity index (χ3v) is 5.35. The number of nitrogens with two attached hydrogens (primary N) is 2. The average molecular weight is 353 g/mol. The Morgan fingerprint density at radius 3 is 2.54 bits per heavy atom. The van der Waals surface area contributed by atoms with Crippen LogP contribution in [-0.4, -0.2) is 37.5 Å². The first-order valence-corrected chi connectivity index (χ1v) is 9.32. The van der Waals surface area contributed by atoms with Crippen LogP contribution in [0, 0.1) is 0 Å². The number of hydrogen-bond acceptors (Lipinski definition) is 3. The lowest BCUT2D eigenvalue weighted by Gasteiger charge is -2.30. The van der Waals surface area contributed by atoms with Crippen molar-refractivity contribution in [2.45, 2.75) is 25.3 Å². The number of carbonyl (C=O) groups excluding carboxylic acids is 1. The van der Waals surface area contributed by atoms with Gasteiger partial charge in [0.15, 0.2) is 0 Å². The van der Waals surface area contributed by atoms with Gasteiger partial charge in [-0.3, -0.25) is 4.79 Å². The maximum atomic E-state index is 13.0. The van der Waals surface area contributed by atoms with Gasteiger partial charge in [0, 0.05) is 31.3 Å². The van der Waals surface area contributed by atoms with Crippen molar-refractivity contribution in [1.82, 2.24) is 4.90 Å². The molecular weight excluding hydrogens is 324 g/mol. The van der Waals surface area contributed by atoms with Crippen LogP contribution in [0.4, 0.5) is 11.4 Å². The Hall–Kier alpha value is -2.53. The lowest BCUT2D eigenvalue weighted by molar-refractivity contribution is -0.890. The first kappa shape index (κ1) is 18.3. The number of quaternary nitrogens is 1. The van der Waals surface area contributed by atoms with Crippen LogP contribution in [-0.2, 0) is 11.2 Å². The maximum absolute atomic E-state index is 13.0. The van der Waals surface area contributed by atoms with Crippen LogP contribution in [0.15, 0.2) is 48.5 Å². The molecule has 1 aliphatic heterocycles. The number of likely N-dealkylation sites (tertiary alicyclic amines) is 1. The van der Waals surface area contributed by atoms with E-state index in [-0.39, 0.29) is 11.9 Å². The summed E-state index contributed by atoms with van der Waals surface area (Å²) in [5.74, 6) is 0.0777. The topological polar surface area (TPSA) is 76.8 Å². The molecule has 1 aliphatic rings. The third-order valence-electron chi connectivity index (χ3n) is 5.35. The molecule has 0 aliphatic carbocycles. The van der Waals surface area contributed by atoms with Crippen molar-refractivity contribution in [3.63, 3.8) is 0 Å². The van der Waals surface area contributed by atoms with E-state index < -0.39 is 0 Å². The van der Waals surface area contributed by atoms with Crippen LogP contribution in [0.3, 0.4) is 0 Å².